The minimum absolute atomic E-state index is 0.187. The summed E-state index contributed by atoms with van der Waals surface area (Å²) in [5.74, 6) is -16.2. The fourth-order valence-electron chi connectivity index (χ4n) is 6.28. The molecule has 0 saturated heterocycles. The molecule has 2 nitrogen and oxygen atoms in total. The fourth-order valence-corrected chi connectivity index (χ4v) is 14.3. The molecule has 0 saturated carbocycles. The first-order valence-corrected chi connectivity index (χ1v) is 22.5. The third-order valence-corrected chi connectivity index (χ3v) is 18.1. The Balaban J connectivity index is 1.26. The van der Waals surface area contributed by atoms with Gasteiger partial charge in [0.2, 0.25) is 0 Å². The average Bonchev–Trinajstić information content (AvgIpc) is 4.02. The highest BCUT2D eigenvalue weighted by molar-refractivity contribution is 7.29. The maximum atomic E-state index is 16.5. The molecule has 0 N–H and O–H groups in total. The summed E-state index contributed by atoms with van der Waals surface area (Å²) in [6.45, 7) is 0. The quantitative estimate of drug-likeness (QED) is 0.143. The van der Waals surface area contributed by atoms with E-state index in [0.29, 0.717) is 39.0 Å². The first-order chi connectivity index (χ1) is 26.4. The van der Waals surface area contributed by atoms with Gasteiger partial charge in [-0.25, -0.2) is 0 Å². The monoisotopic (exact) mass is 882 g/mol. The van der Waals surface area contributed by atoms with E-state index in [1.54, 1.807) is 71.4 Å². The lowest BCUT2D eigenvalue weighted by molar-refractivity contribution is -0.254. The number of hydrogen-bond donors (Lipinski definition) is 0. The molecule has 9 rings (SSSR count). The molecule has 8 aromatic rings. The molecule has 0 bridgehead atoms. The third-order valence-electron chi connectivity index (χ3n) is 8.78. The number of rotatable bonds is 8. The molecule has 0 atom stereocenters. The summed E-state index contributed by atoms with van der Waals surface area (Å²) in [6.07, 6.45) is 0. The molecule has 1 aliphatic rings. The zero-order valence-corrected chi connectivity index (χ0v) is 33.7. The van der Waals surface area contributed by atoms with Crippen LogP contribution >= 0.6 is 90.7 Å². The predicted octanol–water partition coefficient (Wildman–Crippen LogP) is 15.8. The van der Waals surface area contributed by atoms with E-state index in [4.69, 9.17) is 0 Å². The standard InChI is InChI=1S/C39H16F6N2S8/c40-37(41)33(21-15-31(54-35(21)29-3-1-13-48-29)27-11-9-25(52-27)23-7-5-19(17-46)50-23)34(38(42,43)39(37,44)45)22-16-32(55-36(22)30-4-2-14-49-30)28-12-10-26(53-28)24-8-6-20(18-47)51-24/h1-16H. The molecule has 0 amide bonds. The van der Waals surface area contributed by atoms with E-state index in [1.807, 2.05) is 12.1 Å². The van der Waals surface area contributed by atoms with Gasteiger partial charge in [-0.3, -0.25) is 0 Å². The van der Waals surface area contributed by atoms with Crippen LogP contribution in [-0.4, -0.2) is 17.8 Å². The molecule has 0 unspecified atom stereocenters. The lowest BCUT2D eigenvalue weighted by Gasteiger charge is -2.25. The van der Waals surface area contributed by atoms with Crippen molar-refractivity contribution >= 4 is 102 Å². The molecule has 272 valence electrons. The Morgan fingerprint density at radius 3 is 1.13 bits per heavy atom. The topological polar surface area (TPSA) is 47.6 Å². The highest BCUT2D eigenvalue weighted by atomic mass is 32.1. The minimum atomic E-state index is -5.74. The van der Waals surface area contributed by atoms with Gasteiger partial charge in [-0.1, -0.05) is 12.1 Å². The molecule has 0 radical (unpaired) electrons. The predicted molar refractivity (Wildman–Crippen MR) is 220 cm³/mol. The van der Waals surface area contributed by atoms with E-state index in [9.17, 15) is 10.5 Å². The lowest BCUT2D eigenvalue weighted by atomic mass is 9.94. The summed E-state index contributed by atoms with van der Waals surface area (Å²) in [4.78, 5) is 7.81. The van der Waals surface area contributed by atoms with Gasteiger partial charge in [-0.05, 0) is 83.6 Å². The first kappa shape index (κ1) is 36.5. The fraction of sp³-hybridized carbons (Fsp3) is 0.0769. The van der Waals surface area contributed by atoms with Crippen molar-refractivity contribution < 1.29 is 26.3 Å². The smallest absolute Gasteiger partial charge is 0.194 e. The Labute approximate surface area is 341 Å². The zero-order valence-electron chi connectivity index (χ0n) is 27.2. The second-order valence-electron chi connectivity index (χ2n) is 12.0. The van der Waals surface area contributed by atoms with E-state index >= 15 is 26.3 Å². The first-order valence-electron chi connectivity index (χ1n) is 15.9. The van der Waals surface area contributed by atoms with Crippen LogP contribution in [0.2, 0.25) is 0 Å². The Bertz CT molecular complexity index is 2650. The van der Waals surface area contributed by atoms with Crippen LogP contribution in [0.25, 0.3) is 69.7 Å². The van der Waals surface area contributed by atoms with Crippen LogP contribution in [0.3, 0.4) is 0 Å². The van der Waals surface area contributed by atoms with Crippen LogP contribution in [0.1, 0.15) is 20.9 Å². The lowest BCUT2D eigenvalue weighted by Crippen LogP contribution is -2.48. The Hall–Kier alpha value is -4.10. The van der Waals surface area contributed by atoms with Crippen molar-refractivity contribution in [2.75, 3.05) is 0 Å². The molecule has 55 heavy (non-hydrogen) atoms. The van der Waals surface area contributed by atoms with Crippen LogP contribution in [0.4, 0.5) is 26.3 Å². The molecule has 8 heterocycles. The summed E-state index contributed by atoms with van der Waals surface area (Å²) in [7, 11) is 0. The molecular weight excluding hydrogens is 867 g/mol. The van der Waals surface area contributed by atoms with Crippen LogP contribution in [-0.2, 0) is 0 Å². The number of alkyl halides is 6. The average molecular weight is 883 g/mol. The van der Waals surface area contributed by atoms with E-state index in [-0.39, 0.29) is 20.9 Å². The van der Waals surface area contributed by atoms with Crippen molar-refractivity contribution in [2.45, 2.75) is 17.8 Å². The number of halogens is 6. The summed E-state index contributed by atoms with van der Waals surface area (Å²) >= 11 is 9.81. The number of nitriles is 2. The van der Waals surface area contributed by atoms with Crippen molar-refractivity contribution in [3.63, 3.8) is 0 Å². The van der Waals surface area contributed by atoms with Crippen LogP contribution < -0.4 is 0 Å². The maximum Gasteiger partial charge on any atom is 0.380 e. The summed E-state index contributed by atoms with van der Waals surface area (Å²) in [6, 6.07) is 27.8. The van der Waals surface area contributed by atoms with E-state index in [2.05, 4.69) is 12.1 Å². The van der Waals surface area contributed by atoms with Gasteiger partial charge in [-0.2, -0.15) is 36.9 Å². The van der Waals surface area contributed by atoms with Crippen molar-refractivity contribution in [3.05, 3.63) is 117 Å². The Morgan fingerprint density at radius 2 is 0.782 bits per heavy atom. The van der Waals surface area contributed by atoms with Gasteiger partial charge >= 0.3 is 17.8 Å². The van der Waals surface area contributed by atoms with Crippen molar-refractivity contribution in [1.29, 1.82) is 10.5 Å². The molecular formula is C39H16F6N2S8. The summed E-state index contributed by atoms with van der Waals surface area (Å²) in [5.41, 5.74) is -3.52. The Kier molecular flexibility index (Phi) is 8.99. The van der Waals surface area contributed by atoms with Gasteiger partial charge in [0.05, 0.1) is 9.75 Å². The van der Waals surface area contributed by atoms with E-state index in [1.165, 1.54) is 80.2 Å². The van der Waals surface area contributed by atoms with Gasteiger partial charge in [0.1, 0.15) is 21.9 Å². The van der Waals surface area contributed by atoms with E-state index in [0.717, 1.165) is 42.2 Å². The van der Waals surface area contributed by atoms with Crippen LogP contribution in [0.5, 0.6) is 0 Å². The summed E-state index contributed by atoms with van der Waals surface area (Å²) in [5, 5.41) is 22.0. The zero-order chi connectivity index (χ0) is 38.3. The number of hydrogen-bond acceptors (Lipinski definition) is 10. The van der Waals surface area contributed by atoms with Crippen LogP contribution in [0, 0.1) is 22.7 Å². The highest BCUT2D eigenvalue weighted by Gasteiger charge is 2.80. The van der Waals surface area contributed by atoms with Gasteiger partial charge < -0.3 is 0 Å². The van der Waals surface area contributed by atoms with Crippen molar-refractivity contribution in [1.82, 2.24) is 0 Å². The van der Waals surface area contributed by atoms with Crippen molar-refractivity contribution in [3.8, 4) is 70.7 Å². The molecule has 0 aromatic carbocycles. The molecule has 0 spiro atoms. The molecule has 0 aliphatic heterocycles. The van der Waals surface area contributed by atoms with Crippen LogP contribution in [0.15, 0.2) is 95.7 Å². The maximum absolute atomic E-state index is 16.5. The van der Waals surface area contributed by atoms with Crippen molar-refractivity contribution in [2.24, 2.45) is 0 Å². The van der Waals surface area contributed by atoms with Gasteiger partial charge in [0.15, 0.2) is 0 Å². The number of nitrogens with zero attached hydrogens (tertiary/aromatic N) is 2. The minimum Gasteiger partial charge on any atom is -0.194 e. The Morgan fingerprint density at radius 1 is 0.418 bits per heavy atom. The number of allylic oxidation sites excluding steroid dienone is 2. The highest BCUT2D eigenvalue weighted by Crippen LogP contribution is 2.67. The SMILES string of the molecule is N#Cc1ccc(-c2ccc(-c3cc(C4=C(c5cc(-c6ccc(-c7ccc(C#N)s7)s6)sc5-c5cccs5)C(F)(F)C(F)(F)C4(F)F)c(-c4cccs4)s3)s2)s1. The molecule has 8 aromatic heterocycles. The summed E-state index contributed by atoms with van der Waals surface area (Å²) < 4.78 is 97.7. The van der Waals surface area contributed by atoms with E-state index < -0.39 is 28.9 Å². The molecule has 16 heteroatoms. The van der Waals surface area contributed by atoms with Gasteiger partial charge in [-0.15, -0.1) is 90.7 Å². The third kappa shape index (κ3) is 5.85. The normalized spacial score (nSPS) is 15.8. The second kappa shape index (κ2) is 13.5. The molecule has 1 aliphatic carbocycles. The van der Waals surface area contributed by atoms with Gasteiger partial charge in [0, 0.05) is 71.0 Å². The molecule has 0 fully saturated rings. The largest absolute Gasteiger partial charge is 0.380 e. The van der Waals surface area contributed by atoms with Gasteiger partial charge in [0.25, 0.3) is 0 Å². The second-order valence-corrected chi connectivity index (χ2v) is 20.3. The number of thiophene rings is 8.